The van der Waals surface area contributed by atoms with Gasteiger partial charge in [-0.15, -0.1) is 0 Å². The van der Waals surface area contributed by atoms with Crippen molar-refractivity contribution in [2.75, 3.05) is 5.32 Å². The summed E-state index contributed by atoms with van der Waals surface area (Å²) in [6.07, 6.45) is 1.84. The van der Waals surface area contributed by atoms with Crippen LogP contribution in [0.4, 0.5) is 5.82 Å². The molecule has 2 N–H and O–H groups in total. The average molecular weight is 256 g/mol. The maximum atomic E-state index is 11.9. The fourth-order valence-electron chi connectivity index (χ4n) is 1.88. The number of benzene rings is 1. The molecule has 6 heteroatoms. The zero-order valence-electron chi connectivity index (χ0n) is 10.0. The summed E-state index contributed by atoms with van der Waals surface area (Å²) in [6.45, 7) is 0. The lowest BCUT2D eigenvalue weighted by molar-refractivity contribution is -0.110. The first-order valence-corrected chi connectivity index (χ1v) is 5.91. The van der Waals surface area contributed by atoms with Crippen molar-refractivity contribution in [1.82, 2.24) is 10.2 Å². The summed E-state index contributed by atoms with van der Waals surface area (Å²) in [5.74, 6) is 0.263. The average Bonchev–Trinajstić information content (AvgIpc) is 3.10. The quantitative estimate of drug-likeness (QED) is 0.879. The first-order chi connectivity index (χ1) is 9.33. The van der Waals surface area contributed by atoms with Crippen LogP contribution in [-0.4, -0.2) is 21.8 Å². The molecule has 0 radical (unpaired) electrons. The van der Waals surface area contributed by atoms with Crippen molar-refractivity contribution in [2.45, 2.75) is 12.5 Å². The van der Waals surface area contributed by atoms with Crippen LogP contribution in [-0.2, 0) is 9.63 Å². The summed E-state index contributed by atoms with van der Waals surface area (Å²) >= 11 is 0. The van der Waals surface area contributed by atoms with Gasteiger partial charge in [0, 0.05) is 12.5 Å². The van der Waals surface area contributed by atoms with E-state index < -0.39 is 0 Å². The number of nitrogens with zero attached hydrogens (tertiary/aromatic N) is 2. The van der Waals surface area contributed by atoms with Crippen LogP contribution in [0.3, 0.4) is 0 Å². The topological polar surface area (TPSA) is 79.4 Å². The van der Waals surface area contributed by atoms with Crippen LogP contribution in [0, 0.1) is 0 Å². The monoisotopic (exact) mass is 256 g/mol. The van der Waals surface area contributed by atoms with Crippen molar-refractivity contribution in [3.8, 4) is 0 Å². The maximum Gasteiger partial charge on any atom is 0.274 e. The second-order valence-corrected chi connectivity index (χ2v) is 4.17. The minimum Gasteiger partial charge on any atom is -0.387 e. The number of aromatic nitrogens is 2. The molecule has 1 amide bonds. The number of aromatic amines is 1. The maximum absolute atomic E-state index is 11.9. The van der Waals surface area contributed by atoms with Gasteiger partial charge in [0.05, 0.1) is 6.20 Å². The second kappa shape index (κ2) is 4.93. The van der Waals surface area contributed by atoms with E-state index in [1.54, 1.807) is 12.3 Å². The standard InChI is InChI=1S/C13H12N4O2/c18-13(15-12-6-7-14-16-12)10-8-11(19-17-10)9-4-2-1-3-5-9/h1-7,11H,8H2,(H2,14,15,16,18)/t11-/m1/s1. The summed E-state index contributed by atoms with van der Waals surface area (Å²) in [4.78, 5) is 17.2. The largest absolute Gasteiger partial charge is 0.387 e. The molecular weight excluding hydrogens is 244 g/mol. The van der Waals surface area contributed by atoms with Crippen molar-refractivity contribution < 1.29 is 9.63 Å². The molecular formula is C13H12N4O2. The van der Waals surface area contributed by atoms with Gasteiger partial charge in [0.25, 0.3) is 5.91 Å². The molecule has 0 spiro atoms. The highest BCUT2D eigenvalue weighted by atomic mass is 16.6. The van der Waals surface area contributed by atoms with Crippen molar-refractivity contribution in [3.63, 3.8) is 0 Å². The van der Waals surface area contributed by atoms with E-state index in [0.29, 0.717) is 18.0 Å². The molecule has 1 aliphatic heterocycles. The van der Waals surface area contributed by atoms with E-state index >= 15 is 0 Å². The van der Waals surface area contributed by atoms with Crippen LogP contribution in [0.5, 0.6) is 0 Å². The van der Waals surface area contributed by atoms with Crippen LogP contribution in [0.15, 0.2) is 47.8 Å². The first-order valence-electron chi connectivity index (χ1n) is 5.91. The number of carbonyl (C=O) groups is 1. The molecule has 2 heterocycles. The van der Waals surface area contributed by atoms with E-state index in [4.69, 9.17) is 4.84 Å². The minimum atomic E-state index is -0.275. The Bertz CT molecular complexity index is 592. The van der Waals surface area contributed by atoms with E-state index in [2.05, 4.69) is 20.7 Å². The third kappa shape index (κ3) is 2.47. The van der Waals surface area contributed by atoms with E-state index in [1.807, 2.05) is 30.3 Å². The smallest absolute Gasteiger partial charge is 0.274 e. The van der Waals surface area contributed by atoms with E-state index in [-0.39, 0.29) is 12.0 Å². The van der Waals surface area contributed by atoms with Crippen molar-refractivity contribution in [1.29, 1.82) is 0 Å². The second-order valence-electron chi connectivity index (χ2n) is 4.17. The summed E-state index contributed by atoms with van der Waals surface area (Å²) in [5, 5.41) is 12.9. The molecule has 0 saturated carbocycles. The fourth-order valence-corrected chi connectivity index (χ4v) is 1.88. The van der Waals surface area contributed by atoms with Gasteiger partial charge in [0.1, 0.15) is 11.5 Å². The number of carbonyl (C=O) groups excluding carboxylic acids is 1. The summed E-state index contributed by atoms with van der Waals surface area (Å²) in [6, 6.07) is 11.4. The van der Waals surface area contributed by atoms with Crippen molar-refractivity contribution >= 4 is 17.4 Å². The Balaban J connectivity index is 1.64. The first kappa shape index (κ1) is 11.5. The minimum absolute atomic E-state index is 0.191. The van der Waals surface area contributed by atoms with E-state index in [1.165, 1.54) is 0 Å². The Morgan fingerprint density at radius 3 is 2.89 bits per heavy atom. The number of rotatable bonds is 3. The molecule has 96 valence electrons. The number of hydrogen-bond donors (Lipinski definition) is 2. The fraction of sp³-hybridized carbons (Fsp3) is 0.154. The Labute approximate surface area is 109 Å². The Kier molecular flexibility index (Phi) is 2.97. The van der Waals surface area contributed by atoms with Crippen LogP contribution < -0.4 is 5.32 Å². The van der Waals surface area contributed by atoms with Gasteiger partial charge in [-0.2, -0.15) is 5.10 Å². The molecule has 2 aromatic rings. The summed E-state index contributed by atoms with van der Waals surface area (Å²) < 4.78 is 0. The number of oxime groups is 1. The molecule has 1 atom stereocenters. The van der Waals surface area contributed by atoms with E-state index in [0.717, 1.165) is 5.56 Å². The molecule has 19 heavy (non-hydrogen) atoms. The van der Waals surface area contributed by atoms with Gasteiger partial charge >= 0.3 is 0 Å². The number of amides is 1. The zero-order chi connectivity index (χ0) is 13.1. The number of anilines is 1. The van der Waals surface area contributed by atoms with Crippen LogP contribution in [0.1, 0.15) is 18.1 Å². The highest BCUT2D eigenvalue weighted by Crippen LogP contribution is 2.27. The van der Waals surface area contributed by atoms with E-state index in [9.17, 15) is 4.79 Å². The molecule has 0 unspecified atom stereocenters. The van der Waals surface area contributed by atoms with Gasteiger partial charge in [-0.25, -0.2) is 0 Å². The van der Waals surface area contributed by atoms with Crippen LogP contribution in [0.2, 0.25) is 0 Å². The lowest BCUT2D eigenvalue weighted by Crippen LogP contribution is -2.22. The lowest BCUT2D eigenvalue weighted by atomic mass is 10.0. The Morgan fingerprint density at radius 1 is 1.32 bits per heavy atom. The third-order valence-corrected chi connectivity index (χ3v) is 2.85. The Hall–Kier alpha value is -2.63. The lowest BCUT2D eigenvalue weighted by Gasteiger charge is -2.07. The van der Waals surface area contributed by atoms with Gasteiger partial charge in [-0.1, -0.05) is 35.5 Å². The van der Waals surface area contributed by atoms with Crippen LogP contribution in [0.25, 0.3) is 0 Å². The molecule has 0 saturated heterocycles. The molecule has 1 aromatic carbocycles. The van der Waals surface area contributed by atoms with Gasteiger partial charge in [-0.05, 0) is 5.56 Å². The Morgan fingerprint density at radius 2 is 2.16 bits per heavy atom. The van der Waals surface area contributed by atoms with Crippen molar-refractivity contribution in [2.24, 2.45) is 5.16 Å². The number of hydrogen-bond acceptors (Lipinski definition) is 4. The number of nitrogens with one attached hydrogen (secondary N) is 2. The molecule has 0 fully saturated rings. The predicted molar refractivity (Wildman–Crippen MR) is 69.5 cm³/mol. The third-order valence-electron chi connectivity index (χ3n) is 2.85. The number of H-pyrrole nitrogens is 1. The SMILES string of the molecule is O=C(Nc1ccn[nH]1)C1=NO[C@@H](c2ccccc2)C1. The molecule has 1 aliphatic rings. The molecule has 6 nitrogen and oxygen atoms in total. The van der Waals surface area contributed by atoms with Gasteiger partial charge < -0.3 is 10.2 Å². The normalized spacial score (nSPS) is 17.7. The molecule has 0 bridgehead atoms. The highest BCUT2D eigenvalue weighted by Gasteiger charge is 2.27. The van der Waals surface area contributed by atoms with Crippen LogP contribution >= 0.6 is 0 Å². The van der Waals surface area contributed by atoms with Gasteiger partial charge in [0.2, 0.25) is 0 Å². The summed E-state index contributed by atoms with van der Waals surface area (Å²) in [5.41, 5.74) is 1.39. The highest BCUT2D eigenvalue weighted by molar-refractivity contribution is 6.43. The molecule has 3 rings (SSSR count). The zero-order valence-corrected chi connectivity index (χ0v) is 10.0. The van der Waals surface area contributed by atoms with Gasteiger partial charge in [-0.3, -0.25) is 9.89 Å². The van der Waals surface area contributed by atoms with Gasteiger partial charge in [0.15, 0.2) is 6.10 Å². The predicted octanol–water partition coefficient (Wildman–Crippen LogP) is 1.87. The van der Waals surface area contributed by atoms with Crippen molar-refractivity contribution in [3.05, 3.63) is 48.2 Å². The summed E-state index contributed by atoms with van der Waals surface area (Å²) in [7, 11) is 0. The molecule has 0 aliphatic carbocycles. The molecule has 1 aromatic heterocycles.